The highest BCUT2D eigenvalue weighted by atomic mass is 15.1. The minimum absolute atomic E-state index is 0.560. The molecule has 0 saturated carbocycles. The van der Waals surface area contributed by atoms with Gasteiger partial charge in [0.1, 0.15) is 5.82 Å². The maximum atomic E-state index is 5.81. The molecule has 0 spiro atoms. The summed E-state index contributed by atoms with van der Waals surface area (Å²) < 4.78 is 0. The Morgan fingerprint density at radius 2 is 1.88 bits per heavy atom. The first kappa shape index (κ1) is 8.84. The van der Waals surface area contributed by atoms with Crippen molar-refractivity contribution in [3.63, 3.8) is 0 Å². The average Bonchev–Trinajstić information content (AvgIpc) is 2.75. The lowest BCUT2D eigenvalue weighted by Crippen LogP contribution is -1.89. The van der Waals surface area contributed by atoms with E-state index in [1.807, 2.05) is 18.2 Å². The van der Waals surface area contributed by atoms with Crippen LogP contribution in [0.4, 0.5) is 5.82 Å². The third-order valence-corrected chi connectivity index (χ3v) is 2.55. The lowest BCUT2D eigenvalue weighted by molar-refractivity contribution is 1.05. The van der Waals surface area contributed by atoms with Gasteiger partial charge in [0.2, 0.25) is 0 Å². The smallest absolute Gasteiger partial charge is 0.126 e. The molecule has 0 aliphatic rings. The number of H-pyrrole nitrogens is 1. The number of benzene rings is 1. The van der Waals surface area contributed by atoms with Crippen molar-refractivity contribution in [2.45, 2.75) is 0 Å². The molecule has 0 bridgehead atoms. The molecule has 0 unspecified atom stereocenters. The van der Waals surface area contributed by atoms with Gasteiger partial charge in [0.25, 0.3) is 0 Å². The Bertz CT molecular complexity index is 638. The van der Waals surface area contributed by atoms with Crippen molar-refractivity contribution in [2.24, 2.45) is 0 Å². The number of fused-ring (bicyclic) bond motifs is 1. The second-order valence-electron chi connectivity index (χ2n) is 3.49. The monoisotopic (exact) mass is 211 g/mol. The van der Waals surface area contributed by atoms with Crippen molar-refractivity contribution < 1.29 is 0 Å². The Hall–Kier alpha value is -2.43. The van der Waals surface area contributed by atoms with Crippen LogP contribution in [0.1, 0.15) is 0 Å². The predicted octanol–water partition coefficient (Wildman–Crippen LogP) is 1.60. The molecule has 3 rings (SSSR count). The summed E-state index contributed by atoms with van der Waals surface area (Å²) in [4.78, 5) is 0. The first-order valence-corrected chi connectivity index (χ1v) is 4.85. The highest BCUT2D eigenvalue weighted by molar-refractivity contribution is 5.97. The van der Waals surface area contributed by atoms with Crippen LogP contribution in [0.5, 0.6) is 0 Å². The van der Waals surface area contributed by atoms with E-state index in [0.717, 1.165) is 21.9 Å². The number of nitrogens with zero attached hydrogens (tertiary/aromatic N) is 3. The molecule has 0 atom stereocenters. The maximum absolute atomic E-state index is 5.81. The van der Waals surface area contributed by atoms with Gasteiger partial charge in [0.05, 0.1) is 18.6 Å². The molecule has 16 heavy (non-hydrogen) atoms. The van der Waals surface area contributed by atoms with Crippen molar-refractivity contribution >= 4 is 16.6 Å². The second kappa shape index (κ2) is 3.30. The van der Waals surface area contributed by atoms with Crippen molar-refractivity contribution in [3.05, 3.63) is 36.8 Å². The summed E-state index contributed by atoms with van der Waals surface area (Å²) in [5.41, 5.74) is 7.71. The molecular formula is C11H9N5. The van der Waals surface area contributed by atoms with Gasteiger partial charge in [-0.3, -0.25) is 5.10 Å². The normalized spacial score (nSPS) is 10.8. The Labute approximate surface area is 91.3 Å². The lowest BCUT2D eigenvalue weighted by atomic mass is 10.0. The Morgan fingerprint density at radius 1 is 1.00 bits per heavy atom. The van der Waals surface area contributed by atoms with E-state index in [1.54, 1.807) is 18.6 Å². The predicted molar refractivity (Wildman–Crippen MR) is 61.5 cm³/mol. The van der Waals surface area contributed by atoms with Crippen LogP contribution in [0.15, 0.2) is 36.8 Å². The molecule has 3 N–H and O–H groups in total. The van der Waals surface area contributed by atoms with Crippen LogP contribution in [-0.4, -0.2) is 20.4 Å². The third-order valence-electron chi connectivity index (χ3n) is 2.55. The molecule has 5 nitrogen and oxygen atoms in total. The third kappa shape index (κ3) is 1.22. The van der Waals surface area contributed by atoms with Crippen LogP contribution in [0.3, 0.4) is 0 Å². The van der Waals surface area contributed by atoms with Gasteiger partial charge >= 0.3 is 0 Å². The van der Waals surface area contributed by atoms with Crippen LogP contribution in [0.25, 0.3) is 21.9 Å². The number of hydrogen-bond donors (Lipinski definition) is 2. The molecule has 1 aromatic carbocycles. The van der Waals surface area contributed by atoms with Gasteiger partial charge < -0.3 is 5.73 Å². The van der Waals surface area contributed by atoms with E-state index >= 15 is 0 Å². The van der Waals surface area contributed by atoms with Crippen molar-refractivity contribution in [1.82, 2.24) is 20.4 Å². The first-order valence-electron chi connectivity index (χ1n) is 4.85. The summed E-state index contributed by atoms with van der Waals surface area (Å²) in [7, 11) is 0. The molecule has 0 fully saturated rings. The maximum Gasteiger partial charge on any atom is 0.126 e. The standard InChI is InChI=1S/C11H9N5/c12-11-10(6-15-16-11)8-3-1-2-7-4-13-14-5-9(7)8/h1-6H,(H3,12,15,16). The molecular weight excluding hydrogens is 202 g/mol. The lowest BCUT2D eigenvalue weighted by Gasteiger charge is -2.03. The van der Waals surface area contributed by atoms with E-state index < -0.39 is 0 Å². The van der Waals surface area contributed by atoms with Crippen molar-refractivity contribution in [1.29, 1.82) is 0 Å². The molecule has 78 valence electrons. The van der Waals surface area contributed by atoms with Crippen LogP contribution in [-0.2, 0) is 0 Å². The number of rotatable bonds is 1. The summed E-state index contributed by atoms with van der Waals surface area (Å²) in [6.45, 7) is 0. The highest BCUT2D eigenvalue weighted by Crippen LogP contribution is 2.29. The Kier molecular flexibility index (Phi) is 1.83. The molecule has 2 heterocycles. The molecule has 0 aliphatic carbocycles. The SMILES string of the molecule is Nc1[nH]ncc1-c1cccc2cnncc12. The number of aromatic nitrogens is 4. The number of nitrogens with one attached hydrogen (secondary N) is 1. The molecule has 0 saturated heterocycles. The quantitative estimate of drug-likeness (QED) is 0.640. The number of nitrogens with two attached hydrogens (primary N) is 1. The Balaban J connectivity index is 2.36. The summed E-state index contributed by atoms with van der Waals surface area (Å²) >= 11 is 0. The zero-order valence-electron chi connectivity index (χ0n) is 8.38. The fourth-order valence-corrected chi connectivity index (χ4v) is 1.77. The molecule has 2 aromatic heterocycles. The van der Waals surface area contributed by atoms with E-state index in [9.17, 15) is 0 Å². The summed E-state index contributed by atoms with van der Waals surface area (Å²) in [6, 6.07) is 5.95. The van der Waals surface area contributed by atoms with E-state index in [1.165, 1.54) is 0 Å². The number of hydrogen-bond acceptors (Lipinski definition) is 4. The summed E-state index contributed by atoms with van der Waals surface area (Å²) in [6.07, 6.45) is 5.18. The van der Waals surface area contributed by atoms with Crippen molar-refractivity contribution in [2.75, 3.05) is 5.73 Å². The summed E-state index contributed by atoms with van der Waals surface area (Å²) in [5.74, 6) is 0.560. The average molecular weight is 211 g/mol. The van der Waals surface area contributed by atoms with E-state index in [2.05, 4.69) is 20.4 Å². The first-order chi connectivity index (χ1) is 7.86. The highest BCUT2D eigenvalue weighted by Gasteiger charge is 2.08. The number of aromatic amines is 1. The second-order valence-corrected chi connectivity index (χ2v) is 3.49. The zero-order valence-corrected chi connectivity index (χ0v) is 8.38. The molecule has 0 amide bonds. The van der Waals surface area contributed by atoms with E-state index in [-0.39, 0.29) is 0 Å². The largest absolute Gasteiger partial charge is 0.384 e. The van der Waals surface area contributed by atoms with Gasteiger partial charge in [-0.15, -0.1) is 0 Å². The van der Waals surface area contributed by atoms with Gasteiger partial charge in [-0.25, -0.2) is 0 Å². The fraction of sp³-hybridized carbons (Fsp3) is 0. The minimum atomic E-state index is 0.560. The van der Waals surface area contributed by atoms with Crippen LogP contribution in [0.2, 0.25) is 0 Å². The number of anilines is 1. The zero-order chi connectivity index (χ0) is 11.0. The van der Waals surface area contributed by atoms with Crippen LogP contribution < -0.4 is 5.73 Å². The van der Waals surface area contributed by atoms with E-state index in [0.29, 0.717) is 5.82 Å². The Morgan fingerprint density at radius 3 is 2.69 bits per heavy atom. The van der Waals surface area contributed by atoms with Gasteiger partial charge in [-0.05, 0) is 5.56 Å². The number of nitrogen functional groups attached to an aromatic ring is 1. The molecule has 0 radical (unpaired) electrons. The van der Waals surface area contributed by atoms with Gasteiger partial charge in [0, 0.05) is 16.3 Å². The van der Waals surface area contributed by atoms with Gasteiger partial charge in [0.15, 0.2) is 0 Å². The van der Waals surface area contributed by atoms with Crippen LogP contribution >= 0.6 is 0 Å². The van der Waals surface area contributed by atoms with Gasteiger partial charge in [-0.2, -0.15) is 15.3 Å². The van der Waals surface area contributed by atoms with E-state index in [4.69, 9.17) is 5.73 Å². The van der Waals surface area contributed by atoms with Gasteiger partial charge in [-0.1, -0.05) is 18.2 Å². The molecule has 5 heteroatoms. The summed E-state index contributed by atoms with van der Waals surface area (Å²) in [5, 5.41) is 16.4. The molecule has 3 aromatic rings. The van der Waals surface area contributed by atoms with Crippen LogP contribution in [0, 0.1) is 0 Å². The fourth-order valence-electron chi connectivity index (χ4n) is 1.77. The molecule has 0 aliphatic heterocycles. The topological polar surface area (TPSA) is 80.5 Å². The van der Waals surface area contributed by atoms with Crippen molar-refractivity contribution in [3.8, 4) is 11.1 Å². The minimum Gasteiger partial charge on any atom is -0.384 e.